The van der Waals surface area contributed by atoms with Crippen molar-refractivity contribution in [3.8, 4) is 0 Å². The molecule has 0 saturated heterocycles. The molecule has 3 nitrogen and oxygen atoms in total. The summed E-state index contributed by atoms with van der Waals surface area (Å²) < 4.78 is 20.8. The minimum absolute atomic E-state index is 0.200. The van der Waals surface area contributed by atoms with Crippen LogP contribution in [-0.2, 0) is 0 Å². The van der Waals surface area contributed by atoms with Gasteiger partial charge in [-0.2, -0.15) is 8.75 Å². The maximum Gasteiger partial charge on any atom is 0.138 e. The Balaban J connectivity index is 1.87. The third-order valence-corrected chi connectivity index (χ3v) is 4.89. The van der Waals surface area contributed by atoms with Crippen molar-refractivity contribution in [2.24, 2.45) is 0 Å². The van der Waals surface area contributed by atoms with E-state index >= 15 is 0 Å². The summed E-state index contributed by atoms with van der Waals surface area (Å²) in [6.07, 6.45) is 6.00. The fourth-order valence-electron chi connectivity index (χ4n) is 2.00. The normalized spacial score (nSPS) is 16.6. The first-order chi connectivity index (χ1) is 9.31. The quantitative estimate of drug-likeness (QED) is 0.569. The van der Waals surface area contributed by atoms with E-state index in [0.717, 1.165) is 48.8 Å². The highest BCUT2D eigenvalue weighted by molar-refractivity contribution is 7.99. The summed E-state index contributed by atoms with van der Waals surface area (Å²) in [6, 6.07) is 0. The van der Waals surface area contributed by atoms with Crippen molar-refractivity contribution in [3.05, 3.63) is 11.8 Å². The Morgan fingerprint density at radius 1 is 1.37 bits per heavy atom. The van der Waals surface area contributed by atoms with Gasteiger partial charge in [-0.1, -0.05) is 12.5 Å². The highest BCUT2D eigenvalue weighted by Gasteiger charge is 2.16. The molecule has 0 unspecified atom stereocenters. The third-order valence-electron chi connectivity index (χ3n) is 3.19. The van der Waals surface area contributed by atoms with Gasteiger partial charge in [0.25, 0.3) is 0 Å². The fraction of sp³-hybridized carbons (Fsp3) is 0.692. The Hall–Kier alpha value is -0.460. The number of hydrogen-bond donors (Lipinski definition) is 0. The van der Waals surface area contributed by atoms with E-state index in [1.165, 1.54) is 17.3 Å². The molecule has 19 heavy (non-hydrogen) atoms. The van der Waals surface area contributed by atoms with E-state index < -0.39 is 0 Å². The molecule has 1 aromatic heterocycles. The molecular weight excluding hydrogens is 281 g/mol. The molecule has 0 saturated carbocycles. The smallest absolute Gasteiger partial charge is 0.138 e. The Bertz CT molecular complexity index is 420. The number of halogens is 1. The number of aromatic nitrogens is 2. The summed E-state index contributed by atoms with van der Waals surface area (Å²) in [6.45, 7) is 1.88. The fourth-order valence-corrected chi connectivity index (χ4v) is 3.71. The second-order valence-electron chi connectivity index (χ2n) is 4.76. The molecule has 0 atom stereocenters. The van der Waals surface area contributed by atoms with Crippen LogP contribution in [-0.4, -0.2) is 46.2 Å². The Morgan fingerprint density at radius 2 is 2.26 bits per heavy atom. The molecule has 2 heterocycles. The molecule has 0 aromatic carbocycles. The third kappa shape index (κ3) is 4.54. The van der Waals surface area contributed by atoms with Crippen molar-refractivity contribution in [2.45, 2.75) is 30.7 Å². The molecule has 0 aliphatic carbocycles. The standard InChI is InChI=1S/C13H20FN3S2/c1-17-8-5-11(6-9-17)12-13(16-19-15-12)18-10-4-2-3-7-14/h5H,2-4,6-10H2,1H3. The van der Waals surface area contributed by atoms with Crippen molar-refractivity contribution in [1.82, 2.24) is 13.6 Å². The van der Waals surface area contributed by atoms with Crippen molar-refractivity contribution >= 4 is 29.1 Å². The Labute approximate surface area is 122 Å². The topological polar surface area (TPSA) is 29.0 Å². The summed E-state index contributed by atoms with van der Waals surface area (Å²) in [5.41, 5.74) is 2.41. The summed E-state index contributed by atoms with van der Waals surface area (Å²) in [4.78, 5) is 2.30. The highest BCUT2D eigenvalue weighted by Crippen LogP contribution is 2.30. The summed E-state index contributed by atoms with van der Waals surface area (Å²) >= 11 is 3.05. The first-order valence-corrected chi connectivity index (χ1v) is 8.42. The van der Waals surface area contributed by atoms with Gasteiger partial charge in [-0.25, -0.2) is 0 Å². The molecule has 106 valence electrons. The lowest BCUT2D eigenvalue weighted by molar-refractivity contribution is 0.369. The monoisotopic (exact) mass is 301 g/mol. The number of hydrogen-bond acceptors (Lipinski definition) is 5. The SMILES string of the molecule is CN1CC=C(c2nsnc2SCCCCCF)CC1. The lowest BCUT2D eigenvalue weighted by Gasteiger charge is -2.21. The first kappa shape index (κ1) is 14.9. The van der Waals surface area contributed by atoms with Crippen LogP contribution in [0, 0.1) is 0 Å². The second kappa shape index (κ2) is 7.97. The van der Waals surface area contributed by atoms with E-state index in [1.54, 1.807) is 11.8 Å². The number of nitrogens with zero attached hydrogens (tertiary/aromatic N) is 3. The predicted molar refractivity (Wildman–Crippen MR) is 80.6 cm³/mol. The average molecular weight is 301 g/mol. The zero-order chi connectivity index (χ0) is 13.5. The molecule has 0 N–H and O–H groups in total. The van der Waals surface area contributed by atoms with E-state index in [0.29, 0.717) is 6.42 Å². The van der Waals surface area contributed by atoms with Crippen molar-refractivity contribution < 1.29 is 4.39 Å². The molecule has 1 aromatic rings. The average Bonchev–Trinajstić information content (AvgIpc) is 2.88. The molecule has 0 spiro atoms. The minimum Gasteiger partial charge on any atom is -0.302 e. The van der Waals surface area contributed by atoms with Gasteiger partial charge < -0.3 is 4.90 Å². The van der Waals surface area contributed by atoms with Gasteiger partial charge in [-0.3, -0.25) is 4.39 Å². The van der Waals surface area contributed by atoms with Crippen LogP contribution in [0.25, 0.3) is 5.57 Å². The molecule has 0 bridgehead atoms. The predicted octanol–water partition coefficient (Wildman–Crippen LogP) is 3.49. The Morgan fingerprint density at radius 3 is 3.00 bits per heavy atom. The van der Waals surface area contributed by atoms with E-state index in [9.17, 15) is 4.39 Å². The molecule has 6 heteroatoms. The van der Waals surface area contributed by atoms with Gasteiger partial charge in [-0.05, 0) is 37.6 Å². The van der Waals surface area contributed by atoms with Crippen LogP contribution < -0.4 is 0 Å². The van der Waals surface area contributed by atoms with Crippen LogP contribution >= 0.6 is 23.5 Å². The van der Waals surface area contributed by atoms with E-state index in [2.05, 4.69) is 26.8 Å². The van der Waals surface area contributed by atoms with E-state index in [1.807, 2.05) is 0 Å². The summed E-state index contributed by atoms with van der Waals surface area (Å²) in [5.74, 6) is 1.01. The van der Waals surface area contributed by atoms with Crippen LogP contribution in [0.3, 0.4) is 0 Å². The summed E-state index contributed by atoms with van der Waals surface area (Å²) in [7, 11) is 2.13. The van der Waals surface area contributed by atoms with Crippen LogP contribution in [0.5, 0.6) is 0 Å². The number of thioether (sulfide) groups is 1. The van der Waals surface area contributed by atoms with Gasteiger partial charge in [0, 0.05) is 13.1 Å². The molecule has 0 amide bonds. The number of likely N-dealkylation sites (N-methyl/N-ethyl adjacent to an activating group) is 1. The lowest BCUT2D eigenvalue weighted by Crippen LogP contribution is -2.23. The van der Waals surface area contributed by atoms with Gasteiger partial charge in [0.15, 0.2) is 0 Å². The molecule has 1 aliphatic heterocycles. The van der Waals surface area contributed by atoms with Gasteiger partial charge in [0.1, 0.15) is 10.7 Å². The van der Waals surface area contributed by atoms with Crippen molar-refractivity contribution in [2.75, 3.05) is 32.6 Å². The van der Waals surface area contributed by atoms with Gasteiger partial charge >= 0.3 is 0 Å². The molecule has 0 fully saturated rings. The van der Waals surface area contributed by atoms with Gasteiger partial charge in [0.2, 0.25) is 0 Å². The largest absolute Gasteiger partial charge is 0.302 e. The number of rotatable bonds is 7. The van der Waals surface area contributed by atoms with E-state index in [4.69, 9.17) is 0 Å². The lowest BCUT2D eigenvalue weighted by atomic mass is 10.1. The van der Waals surface area contributed by atoms with Gasteiger partial charge in [-0.15, -0.1) is 11.8 Å². The van der Waals surface area contributed by atoms with Crippen molar-refractivity contribution in [1.29, 1.82) is 0 Å². The molecular formula is C13H20FN3S2. The van der Waals surface area contributed by atoms with Crippen LogP contribution in [0.4, 0.5) is 4.39 Å². The molecule has 2 rings (SSSR count). The zero-order valence-electron chi connectivity index (χ0n) is 11.3. The van der Waals surface area contributed by atoms with E-state index in [-0.39, 0.29) is 6.67 Å². The second-order valence-corrected chi connectivity index (χ2v) is 6.37. The summed E-state index contributed by atoms with van der Waals surface area (Å²) in [5, 5.41) is 1.06. The van der Waals surface area contributed by atoms with Crippen LogP contribution in [0.2, 0.25) is 0 Å². The first-order valence-electron chi connectivity index (χ1n) is 6.70. The molecule has 1 aliphatic rings. The zero-order valence-corrected chi connectivity index (χ0v) is 12.9. The number of unbranched alkanes of at least 4 members (excludes halogenated alkanes) is 2. The van der Waals surface area contributed by atoms with Gasteiger partial charge in [0.05, 0.1) is 18.4 Å². The van der Waals surface area contributed by atoms with Crippen LogP contribution in [0.15, 0.2) is 11.1 Å². The maximum atomic E-state index is 12.0. The Kier molecular flexibility index (Phi) is 6.26. The maximum absolute atomic E-state index is 12.0. The van der Waals surface area contributed by atoms with Crippen molar-refractivity contribution in [3.63, 3.8) is 0 Å². The highest BCUT2D eigenvalue weighted by atomic mass is 32.2. The minimum atomic E-state index is -0.200. The number of alkyl halides is 1. The van der Waals surface area contributed by atoms with Crippen LogP contribution in [0.1, 0.15) is 31.4 Å². The molecule has 0 radical (unpaired) electrons.